The number of likely N-dealkylation sites (tertiary alicyclic amines) is 1. The lowest BCUT2D eigenvalue weighted by atomic mass is 9.95. The van der Waals surface area contributed by atoms with Crippen LogP contribution in [0, 0.1) is 5.92 Å². The molecule has 1 aliphatic heterocycles. The van der Waals surface area contributed by atoms with E-state index in [0.29, 0.717) is 19.7 Å². The van der Waals surface area contributed by atoms with Crippen LogP contribution in [0.2, 0.25) is 0 Å². The number of carbonyl (C=O) groups excluding carboxylic acids is 1. The summed E-state index contributed by atoms with van der Waals surface area (Å²) >= 11 is 0. The highest BCUT2D eigenvalue weighted by atomic mass is 16.5. The minimum atomic E-state index is 0.136. The van der Waals surface area contributed by atoms with Crippen LogP contribution in [0.4, 0.5) is 0 Å². The maximum atomic E-state index is 11.8. The largest absolute Gasteiger partial charge is 0.385 e. The second-order valence-corrected chi connectivity index (χ2v) is 7.05. The van der Waals surface area contributed by atoms with Crippen molar-refractivity contribution in [1.82, 2.24) is 15.5 Å². The van der Waals surface area contributed by atoms with Gasteiger partial charge in [0, 0.05) is 25.8 Å². The van der Waals surface area contributed by atoms with Crippen LogP contribution in [-0.2, 0) is 9.53 Å². The molecule has 0 bridgehead atoms. The molecule has 0 aliphatic carbocycles. The third kappa shape index (κ3) is 9.06. The first-order valence-corrected chi connectivity index (χ1v) is 8.14. The highest BCUT2D eigenvalue weighted by Gasteiger charge is 2.21. The van der Waals surface area contributed by atoms with Crippen molar-refractivity contribution in [3.63, 3.8) is 0 Å². The van der Waals surface area contributed by atoms with E-state index in [0.717, 1.165) is 32.0 Å². The Bertz CT molecular complexity index is 294. The number of nitrogens with one attached hydrogen (secondary N) is 2. The van der Waals surface area contributed by atoms with Gasteiger partial charge in [-0.15, -0.1) is 0 Å². The fourth-order valence-electron chi connectivity index (χ4n) is 2.50. The van der Waals surface area contributed by atoms with Crippen molar-refractivity contribution < 1.29 is 9.53 Å². The van der Waals surface area contributed by atoms with E-state index in [4.69, 9.17) is 4.74 Å². The Morgan fingerprint density at radius 3 is 2.52 bits per heavy atom. The molecule has 0 radical (unpaired) electrons. The summed E-state index contributed by atoms with van der Waals surface area (Å²) in [5.74, 6) is 0.877. The van der Waals surface area contributed by atoms with Crippen LogP contribution in [0.25, 0.3) is 0 Å². The highest BCUT2D eigenvalue weighted by molar-refractivity contribution is 5.77. The fraction of sp³-hybridized carbons (Fsp3) is 0.938. The maximum Gasteiger partial charge on any atom is 0.234 e. The van der Waals surface area contributed by atoms with Crippen molar-refractivity contribution in [2.24, 2.45) is 5.92 Å². The molecular weight excluding hydrogens is 266 g/mol. The highest BCUT2D eigenvalue weighted by Crippen LogP contribution is 2.17. The van der Waals surface area contributed by atoms with Gasteiger partial charge >= 0.3 is 0 Å². The number of piperidine rings is 1. The summed E-state index contributed by atoms with van der Waals surface area (Å²) in [5.41, 5.74) is 0.194. The minimum absolute atomic E-state index is 0.136. The fourth-order valence-corrected chi connectivity index (χ4v) is 2.50. The predicted octanol–water partition coefficient (Wildman–Crippen LogP) is 1.24. The molecule has 1 rings (SSSR count). The van der Waals surface area contributed by atoms with Gasteiger partial charge in [0.15, 0.2) is 0 Å². The Kier molecular flexibility index (Phi) is 8.22. The van der Waals surface area contributed by atoms with Gasteiger partial charge in [-0.25, -0.2) is 0 Å². The molecule has 124 valence electrons. The molecule has 1 saturated heterocycles. The summed E-state index contributed by atoms with van der Waals surface area (Å²) in [6, 6.07) is 0. The molecule has 1 amide bonds. The topological polar surface area (TPSA) is 53.6 Å². The normalized spacial score (nSPS) is 17.9. The first-order chi connectivity index (χ1) is 9.90. The smallest absolute Gasteiger partial charge is 0.234 e. The van der Waals surface area contributed by atoms with Gasteiger partial charge in [0.25, 0.3) is 0 Å². The summed E-state index contributed by atoms with van der Waals surface area (Å²) in [5, 5.41) is 6.53. The molecule has 5 heteroatoms. The van der Waals surface area contributed by atoms with Gasteiger partial charge in [-0.1, -0.05) is 0 Å². The van der Waals surface area contributed by atoms with Gasteiger partial charge in [0.2, 0.25) is 5.91 Å². The zero-order valence-electron chi connectivity index (χ0n) is 14.2. The van der Waals surface area contributed by atoms with E-state index in [1.165, 1.54) is 12.8 Å². The van der Waals surface area contributed by atoms with Crippen LogP contribution in [0.5, 0.6) is 0 Å². The lowest BCUT2D eigenvalue weighted by molar-refractivity contribution is -0.122. The molecular formula is C16H33N3O2. The molecule has 0 saturated carbocycles. The molecule has 0 aromatic carbocycles. The minimum Gasteiger partial charge on any atom is -0.385 e. The number of hydrogen-bond acceptors (Lipinski definition) is 4. The zero-order valence-corrected chi connectivity index (χ0v) is 14.2. The average molecular weight is 299 g/mol. The zero-order chi connectivity index (χ0) is 15.7. The predicted molar refractivity (Wildman–Crippen MR) is 86.4 cm³/mol. The molecule has 21 heavy (non-hydrogen) atoms. The Morgan fingerprint density at radius 1 is 1.29 bits per heavy atom. The number of methoxy groups -OCH3 is 1. The van der Waals surface area contributed by atoms with Crippen molar-refractivity contribution in [1.29, 1.82) is 0 Å². The van der Waals surface area contributed by atoms with Gasteiger partial charge < -0.3 is 15.4 Å². The van der Waals surface area contributed by atoms with Crippen molar-refractivity contribution in [3.8, 4) is 0 Å². The molecule has 5 nitrogen and oxygen atoms in total. The Morgan fingerprint density at radius 2 is 1.95 bits per heavy atom. The van der Waals surface area contributed by atoms with E-state index in [2.05, 4.69) is 36.3 Å². The maximum absolute atomic E-state index is 11.8. The Balaban J connectivity index is 2.11. The third-order valence-corrected chi connectivity index (χ3v) is 3.84. The number of ether oxygens (including phenoxy) is 1. The van der Waals surface area contributed by atoms with E-state index in [-0.39, 0.29) is 11.4 Å². The summed E-state index contributed by atoms with van der Waals surface area (Å²) in [4.78, 5) is 14.1. The van der Waals surface area contributed by atoms with Crippen molar-refractivity contribution in [2.75, 3.05) is 46.4 Å². The van der Waals surface area contributed by atoms with Gasteiger partial charge in [-0.3, -0.25) is 9.69 Å². The lowest BCUT2D eigenvalue weighted by Gasteiger charge is -2.33. The molecule has 1 fully saturated rings. The molecule has 2 N–H and O–H groups in total. The van der Waals surface area contributed by atoms with E-state index in [9.17, 15) is 4.79 Å². The first kappa shape index (κ1) is 18.4. The third-order valence-electron chi connectivity index (χ3n) is 3.84. The van der Waals surface area contributed by atoms with E-state index < -0.39 is 0 Å². The Hall–Kier alpha value is -0.650. The Labute approximate surface area is 129 Å². The average Bonchev–Trinajstić information content (AvgIpc) is 2.42. The van der Waals surface area contributed by atoms with E-state index in [1.807, 2.05) is 0 Å². The number of nitrogens with zero attached hydrogens (tertiary/aromatic N) is 1. The SMILES string of the molecule is COCCCNC(=O)CN1CCC(CNC(C)(C)C)CC1. The monoisotopic (exact) mass is 299 g/mol. The summed E-state index contributed by atoms with van der Waals surface area (Å²) in [7, 11) is 1.68. The summed E-state index contributed by atoms with van der Waals surface area (Å²) < 4.78 is 4.96. The summed E-state index contributed by atoms with van der Waals surface area (Å²) in [6.45, 7) is 11.7. The molecule has 0 unspecified atom stereocenters. The van der Waals surface area contributed by atoms with E-state index >= 15 is 0 Å². The molecule has 1 heterocycles. The second-order valence-electron chi connectivity index (χ2n) is 7.05. The number of hydrogen-bond donors (Lipinski definition) is 2. The van der Waals surface area contributed by atoms with Crippen LogP contribution in [0.1, 0.15) is 40.0 Å². The van der Waals surface area contributed by atoms with Gasteiger partial charge in [0.05, 0.1) is 6.54 Å². The number of amides is 1. The van der Waals surface area contributed by atoms with Crippen LogP contribution in [-0.4, -0.2) is 62.8 Å². The standard InChI is InChI=1S/C16H33N3O2/c1-16(2,3)18-12-14-6-9-19(10-7-14)13-15(20)17-8-5-11-21-4/h14,18H,5-13H2,1-4H3,(H,17,20). The molecule has 1 aliphatic rings. The van der Waals surface area contributed by atoms with Crippen molar-refractivity contribution >= 4 is 5.91 Å². The van der Waals surface area contributed by atoms with Gasteiger partial charge in [0.1, 0.15) is 0 Å². The lowest BCUT2D eigenvalue weighted by Crippen LogP contribution is -2.45. The summed E-state index contributed by atoms with van der Waals surface area (Å²) in [6.07, 6.45) is 3.24. The second kappa shape index (κ2) is 9.38. The van der Waals surface area contributed by atoms with E-state index in [1.54, 1.807) is 7.11 Å². The van der Waals surface area contributed by atoms with Crippen molar-refractivity contribution in [3.05, 3.63) is 0 Å². The molecule has 0 spiro atoms. The molecule has 0 aromatic rings. The first-order valence-electron chi connectivity index (χ1n) is 8.14. The van der Waals surface area contributed by atoms with Crippen LogP contribution < -0.4 is 10.6 Å². The van der Waals surface area contributed by atoms with Crippen LogP contribution in [0.3, 0.4) is 0 Å². The van der Waals surface area contributed by atoms with Gasteiger partial charge in [-0.05, 0) is 65.6 Å². The van der Waals surface area contributed by atoms with Crippen LogP contribution in [0.15, 0.2) is 0 Å². The van der Waals surface area contributed by atoms with Crippen molar-refractivity contribution in [2.45, 2.75) is 45.6 Å². The molecule has 0 atom stereocenters. The quantitative estimate of drug-likeness (QED) is 0.662. The van der Waals surface area contributed by atoms with Crippen LogP contribution >= 0.6 is 0 Å². The number of carbonyl (C=O) groups is 1. The molecule has 0 aromatic heterocycles. The number of rotatable bonds is 8. The van der Waals surface area contributed by atoms with Gasteiger partial charge in [-0.2, -0.15) is 0 Å².